The average molecular weight is 287 g/mol. The second-order valence-corrected chi connectivity index (χ2v) is 5.10. The highest BCUT2D eigenvalue weighted by Crippen LogP contribution is 2.20. The lowest BCUT2D eigenvalue weighted by Gasteiger charge is -2.19. The Morgan fingerprint density at radius 1 is 1.10 bits per heavy atom. The van der Waals surface area contributed by atoms with E-state index in [4.69, 9.17) is 4.74 Å². The lowest BCUT2D eigenvalue weighted by atomic mass is 9.98. The number of para-hydroxylation sites is 1. The van der Waals surface area contributed by atoms with Gasteiger partial charge in [-0.15, -0.1) is 0 Å². The third-order valence-electron chi connectivity index (χ3n) is 3.52. The van der Waals surface area contributed by atoms with Gasteiger partial charge in [0.15, 0.2) is 0 Å². The van der Waals surface area contributed by atoms with Crippen LogP contribution in [0.25, 0.3) is 0 Å². The SMILES string of the molecule is CCNC(Cc1cccc(F)c1)Cc1ccccc1OC. The number of halogens is 1. The minimum atomic E-state index is -0.181. The quantitative estimate of drug-likeness (QED) is 0.840. The van der Waals surface area contributed by atoms with Gasteiger partial charge in [-0.1, -0.05) is 37.3 Å². The zero-order valence-corrected chi connectivity index (χ0v) is 12.6. The summed E-state index contributed by atoms with van der Waals surface area (Å²) in [5, 5.41) is 3.47. The van der Waals surface area contributed by atoms with Crippen molar-refractivity contribution in [2.24, 2.45) is 0 Å². The van der Waals surface area contributed by atoms with E-state index in [9.17, 15) is 4.39 Å². The summed E-state index contributed by atoms with van der Waals surface area (Å²) in [6.45, 7) is 2.97. The molecule has 21 heavy (non-hydrogen) atoms. The van der Waals surface area contributed by atoms with Crippen molar-refractivity contribution in [3.63, 3.8) is 0 Å². The minimum absolute atomic E-state index is 0.181. The van der Waals surface area contributed by atoms with E-state index < -0.39 is 0 Å². The van der Waals surface area contributed by atoms with Crippen LogP contribution < -0.4 is 10.1 Å². The van der Waals surface area contributed by atoms with E-state index in [1.54, 1.807) is 19.2 Å². The largest absolute Gasteiger partial charge is 0.496 e. The molecule has 0 aromatic heterocycles. The molecular weight excluding hydrogens is 265 g/mol. The number of likely N-dealkylation sites (N-methyl/N-ethyl adjacent to an activating group) is 1. The number of benzene rings is 2. The number of rotatable bonds is 7. The van der Waals surface area contributed by atoms with Crippen LogP contribution in [0.2, 0.25) is 0 Å². The molecule has 1 N–H and O–H groups in total. The molecule has 0 aliphatic carbocycles. The fourth-order valence-corrected chi connectivity index (χ4v) is 2.59. The van der Waals surface area contributed by atoms with Gasteiger partial charge < -0.3 is 10.1 Å². The molecule has 0 saturated heterocycles. The van der Waals surface area contributed by atoms with Crippen LogP contribution in [0.15, 0.2) is 48.5 Å². The van der Waals surface area contributed by atoms with Gasteiger partial charge in [-0.2, -0.15) is 0 Å². The van der Waals surface area contributed by atoms with Crippen molar-refractivity contribution in [3.8, 4) is 5.75 Å². The van der Waals surface area contributed by atoms with Gasteiger partial charge in [0.1, 0.15) is 11.6 Å². The molecule has 0 aliphatic rings. The first-order chi connectivity index (χ1) is 10.2. The van der Waals surface area contributed by atoms with E-state index >= 15 is 0 Å². The zero-order valence-electron chi connectivity index (χ0n) is 12.6. The molecule has 0 radical (unpaired) electrons. The van der Waals surface area contributed by atoms with Gasteiger partial charge in [0.25, 0.3) is 0 Å². The Labute approximate surface area is 126 Å². The maximum atomic E-state index is 13.3. The summed E-state index contributed by atoms with van der Waals surface area (Å²) in [7, 11) is 1.69. The molecule has 0 amide bonds. The van der Waals surface area contributed by atoms with Crippen molar-refractivity contribution >= 4 is 0 Å². The Bertz CT molecular complexity index is 571. The third-order valence-corrected chi connectivity index (χ3v) is 3.52. The summed E-state index contributed by atoms with van der Waals surface area (Å²) >= 11 is 0. The molecule has 0 heterocycles. The first-order valence-electron chi connectivity index (χ1n) is 7.32. The number of methoxy groups -OCH3 is 1. The highest BCUT2D eigenvalue weighted by atomic mass is 19.1. The van der Waals surface area contributed by atoms with Crippen LogP contribution in [0.5, 0.6) is 5.75 Å². The summed E-state index contributed by atoms with van der Waals surface area (Å²) in [6.07, 6.45) is 1.65. The number of hydrogen-bond acceptors (Lipinski definition) is 2. The Hall–Kier alpha value is -1.87. The molecule has 0 spiro atoms. The van der Waals surface area contributed by atoms with Crippen LogP contribution in [-0.4, -0.2) is 19.7 Å². The van der Waals surface area contributed by atoms with Gasteiger partial charge in [0.05, 0.1) is 7.11 Å². The second kappa shape index (κ2) is 7.79. The van der Waals surface area contributed by atoms with Crippen molar-refractivity contribution < 1.29 is 9.13 Å². The minimum Gasteiger partial charge on any atom is -0.496 e. The zero-order chi connectivity index (χ0) is 15.1. The summed E-state index contributed by atoms with van der Waals surface area (Å²) in [5.74, 6) is 0.722. The fraction of sp³-hybridized carbons (Fsp3) is 0.333. The van der Waals surface area contributed by atoms with Gasteiger partial charge in [0, 0.05) is 6.04 Å². The van der Waals surface area contributed by atoms with Gasteiger partial charge in [-0.05, 0) is 48.7 Å². The van der Waals surface area contributed by atoms with Crippen molar-refractivity contribution in [1.29, 1.82) is 0 Å². The lowest BCUT2D eigenvalue weighted by molar-refractivity contribution is 0.404. The average Bonchev–Trinajstić information content (AvgIpc) is 2.48. The summed E-state index contributed by atoms with van der Waals surface area (Å²) < 4.78 is 18.7. The Morgan fingerprint density at radius 3 is 2.62 bits per heavy atom. The van der Waals surface area contributed by atoms with E-state index in [1.165, 1.54) is 11.6 Å². The predicted octanol–water partition coefficient (Wildman–Crippen LogP) is 3.60. The molecule has 2 aromatic rings. The lowest BCUT2D eigenvalue weighted by Crippen LogP contribution is -2.33. The normalized spacial score (nSPS) is 12.1. The highest BCUT2D eigenvalue weighted by molar-refractivity contribution is 5.34. The van der Waals surface area contributed by atoms with E-state index in [0.717, 1.165) is 30.7 Å². The summed E-state index contributed by atoms with van der Waals surface area (Å²) in [6, 6.07) is 15.1. The molecule has 1 unspecified atom stereocenters. The van der Waals surface area contributed by atoms with Gasteiger partial charge >= 0.3 is 0 Å². The highest BCUT2D eigenvalue weighted by Gasteiger charge is 2.12. The molecule has 112 valence electrons. The number of hydrogen-bond donors (Lipinski definition) is 1. The molecule has 0 aliphatic heterocycles. The van der Waals surface area contributed by atoms with Crippen molar-refractivity contribution in [1.82, 2.24) is 5.32 Å². The number of ether oxygens (including phenoxy) is 1. The molecule has 3 heteroatoms. The first-order valence-corrected chi connectivity index (χ1v) is 7.32. The van der Waals surface area contributed by atoms with E-state index in [1.807, 2.05) is 24.3 Å². The first kappa shape index (κ1) is 15.5. The number of nitrogens with one attached hydrogen (secondary N) is 1. The van der Waals surface area contributed by atoms with E-state index in [-0.39, 0.29) is 11.9 Å². The van der Waals surface area contributed by atoms with Gasteiger partial charge in [0.2, 0.25) is 0 Å². The van der Waals surface area contributed by atoms with E-state index in [0.29, 0.717) is 0 Å². The van der Waals surface area contributed by atoms with Crippen molar-refractivity contribution in [2.45, 2.75) is 25.8 Å². The standard InChI is InChI=1S/C18H22FNO/c1-3-20-17(12-14-7-6-9-16(19)11-14)13-15-8-4-5-10-18(15)21-2/h4-11,17,20H,3,12-13H2,1-2H3. The summed E-state index contributed by atoms with van der Waals surface area (Å²) in [5.41, 5.74) is 2.18. The summed E-state index contributed by atoms with van der Waals surface area (Å²) in [4.78, 5) is 0. The molecule has 0 saturated carbocycles. The topological polar surface area (TPSA) is 21.3 Å². The van der Waals surface area contributed by atoms with E-state index in [2.05, 4.69) is 18.3 Å². The monoisotopic (exact) mass is 287 g/mol. The Balaban J connectivity index is 2.11. The third kappa shape index (κ3) is 4.57. The van der Waals surface area contributed by atoms with Gasteiger partial charge in [-0.25, -0.2) is 4.39 Å². The van der Waals surface area contributed by atoms with Gasteiger partial charge in [-0.3, -0.25) is 0 Å². The van der Waals surface area contributed by atoms with Crippen LogP contribution in [0.1, 0.15) is 18.1 Å². The Morgan fingerprint density at radius 2 is 1.90 bits per heavy atom. The fourth-order valence-electron chi connectivity index (χ4n) is 2.59. The van der Waals surface area contributed by atoms with Crippen LogP contribution in [0.3, 0.4) is 0 Å². The molecule has 2 nitrogen and oxygen atoms in total. The maximum Gasteiger partial charge on any atom is 0.123 e. The van der Waals surface area contributed by atoms with Crippen LogP contribution in [-0.2, 0) is 12.8 Å². The molecule has 2 aromatic carbocycles. The van der Waals surface area contributed by atoms with Crippen molar-refractivity contribution in [3.05, 3.63) is 65.5 Å². The maximum absolute atomic E-state index is 13.3. The van der Waals surface area contributed by atoms with Crippen LogP contribution in [0.4, 0.5) is 4.39 Å². The predicted molar refractivity (Wildman–Crippen MR) is 84.3 cm³/mol. The molecule has 0 fully saturated rings. The molecular formula is C18H22FNO. The molecule has 0 bridgehead atoms. The van der Waals surface area contributed by atoms with Crippen LogP contribution >= 0.6 is 0 Å². The second-order valence-electron chi connectivity index (χ2n) is 5.10. The molecule has 2 rings (SSSR count). The van der Waals surface area contributed by atoms with Crippen molar-refractivity contribution in [2.75, 3.05) is 13.7 Å². The Kier molecular flexibility index (Phi) is 5.76. The molecule has 1 atom stereocenters. The van der Waals surface area contributed by atoms with Crippen LogP contribution in [0, 0.1) is 5.82 Å². The smallest absolute Gasteiger partial charge is 0.123 e.